The van der Waals surface area contributed by atoms with E-state index in [4.69, 9.17) is 9.97 Å². The fraction of sp³-hybridized carbons (Fsp3) is 0. The number of hydrogen-bond acceptors (Lipinski definition) is 2. The van der Waals surface area contributed by atoms with Crippen LogP contribution in [0.4, 0.5) is 0 Å². The molecule has 0 saturated carbocycles. The van der Waals surface area contributed by atoms with E-state index in [0.717, 1.165) is 44.5 Å². The van der Waals surface area contributed by atoms with E-state index in [0.29, 0.717) is 0 Å². The summed E-state index contributed by atoms with van der Waals surface area (Å²) in [5.74, 6) is 0.727. The van der Waals surface area contributed by atoms with Gasteiger partial charge in [0.05, 0.1) is 11.2 Å². The summed E-state index contributed by atoms with van der Waals surface area (Å²) in [6, 6.07) is 73.6. The van der Waals surface area contributed by atoms with Crippen LogP contribution in [0.1, 0.15) is 0 Å². The van der Waals surface area contributed by atoms with E-state index >= 15 is 0 Å². The van der Waals surface area contributed by atoms with Crippen molar-refractivity contribution in [1.82, 2.24) is 9.97 Å². The maximum absolute atomic E-state index is 5.26. The van der Waals surface area contributed by atoms with Crippen LogP contribution in [0.25, 0.3) is 99.6 Å². The van der Waals surface area contributed by atoms with Crippen LogP contribution in [0.2, 0.25) is 0 Å². The SMILES string of the molecule is c1ccc(-c2cccc(-c3cccc(-c4cccc(-c5ccc(-c6nc(-c7ccc8ccccc8c7)nc7c6ccc6ccccc67)cc5)c4)c3)c2)cc1. The largest absolute Gasteiger partial charge is 0.227 e. The molecule has 0 N–H and O–H groups in total. The number of hydrogen-bond donors (Lipinski definition) is 0. The van der Waals surface area contributed by atoms with Crippen molar-refractivity contribution < 1.29 is 0 Å². The molecule has 1 aromatic heterocycles. The summed E-state index contributed by atoms with van der Waals surface area (Å²) >= 11 is 0. The first-order chi connectivity index (χ1) is 26.7. The molecule has 0 atom stereocenters. The minimum absolute atomic E-state index is 0.727. The van der Waals surface area contributed by atoms with Gasteiger partial charge in [0.1, 0.15) is 0 Å². The van der Waals surface area contributed by atoms with Gasteiger partial charge in [0.25, 0.3) is 0 Å². The monoisotopic (exact) mass is 686 g/mol. The molecule has 252 valence electrons. The molecule has 0 saturated heterocycles. The molecule has 0 aliphatic carbocycles. The highest BCUT2D eigenvalue weighted by Crippen LogP contribution is 2.36. The summed E-state index contributed by atoms with van der Waals surface area (Å²) < 4.78 is 0. The first kappa shape index (κ1) is 31.6. The molecule has 10 aromatic rings. The van der Waals surface area contributed by atoms with Crippen LogP contribution in [0.3, 0.4) is 0 Å². The van der Waals surface area contributed by atoms with Gasteiger partial charge in [-0.05, 0) is 91.0 Å². The van der Waals surface area contributed by atoms with Gasteiger partial charge in [0, 0.05) is 21.9 Å². The second-order valence-electron chi connectivity index (χ2n) is 13.8. The van der Waals surface area contributed by atoms with Crippen molar-refractivity contribution in [3.8, 4) is 67.2 Å². The predicted molar refractivity (Wildman–Crippen MR) is 227 cm³/mol. The van der Waals surface area contributed by atoms with E-state index in [-0.39, 0.29) is 0 Å². The molecule has 54 heavy (non-hydrogen) atoms. The van der Waals surface area contributed by atoms with E-state index in [2.05, 4.69) is 206 Å². The van der Waals surface area contributed by atoms with Crippen LogP contribution >= 0.6 is 0 Å². The van der Waals surface area contributed by atoms with Crippen LogP contribution in [0.5, 0.6) is 0 Å². The average Bonchev–Trinajstić information content (AvgIpc) is 3.26. The summed E-state index contributed by atoms with van der Waals surface area (Å²) in [5.41, 5.74) is 13.5. The summed E-state index contributed by atoms with van der Waals surface area (Å²) in [6.07, 6.45) is 0. The number of benzene rings is 9. The van der Waals surface area contributed by atoms with E-state index in [9.17, 15) is 0 Å². The molecule has 0 aliphatic heterocycles. The first-order valence-corrected chi connectivity index (χ1v) is 18.4. The van der Waals surface area contributed by atoms with Crippen LogP contribution in [-0.4, -0.2) is 9.97 Å². The van der Waals surface area contributed by atoms with Crippen molar-refractivity contribution in [2.45, 2.75) is 0 Å². The van der Waals surface area contributed by atoms with Gasteiger partial charge in [-0.1, -0.05) is 176 Å². The molecule has 0 spiro atoms. The van der Waals surface area contributed by atoms with Gasteiger partial charge in [-0.25, -0.2) is 9.97 Å². The van der Waals surface area contributed by atoms with E-state index in [1.165, 1.54) is 55.1 Å². The number of aromatic nitrogens is 2. The summed E-state index contributed by atoms with van der Waals surface area (Å²) in [6.45, 7) is 0. The Morgan fingerprint density at radius 2 is 0.704 bits per heavy atom. The normalized spacial score (nSPS) is 11.3. The van der Waals surface area contributed by atoms with Crippen LogP contribution in [0.15, 0.2) is 206 Å². The topological polar surface area (TPSA) is 25.8 Å². The minimum Gasteiger partial charge on any atom is -0.227 e. The lowest BCUT2D eigenvalue weighted by atomic mass is 9.94. The van der Waals surface area contributed by atoms with Gasteiger partial charge in [0.15, 0.2) is 5.82 Å². The lowest BCUT2D eigenvalue weighted by molar-refractivity contribution is 1.24. The molecule has 0 bridgehead atoms. The van der Waals surface area contributed by atoms with E-state index < -0.39 is 0 Å². The molecular weight excluding hydrogens is 653 g/mol. The molecule has 0 aliphatic rings. The Labute approximate surface area is 314 Å². The molecule has 0 fully saturated rings. The number of rotatable bonds is 6. The second-order valence-corrected chi connectivity index (χ2v) is 13.8. The molecular formula is C52H34N2. The van der Waals surface area contributed by atoms with Crippen molar-refractivity contribution >= 4 is 32.4 Å². The maximum Gasteiger partial charge on any atom is 0.160 e. The molecule has 2 nitrogen and oxygen atoms in total. The quantitative estimate of drug-likeness (QED) is 0.163. The summed E-state index contributed by atoms with van der Waals surface area (Å²) in [5, 5.41) is 5.72. The molecule has 9 aromatic carbocycles. The lowest BCUT2D eigenvalue weighted by Gasteiger charge is -2.13. The molecule has 10 rings (SSSR count). The molecule has 2 heteroatoms. The van der Waals surface area contributed by atoms with Gasteiger partial charge < -0.3 is 0 Å². The Hall–Kier alpha value is -7.16. The zero-order valence-corrected chi connectivity index (χ0v) is 29.5. The van der Waals surface area contributed by atoms with Crippen molar-refractivity contribution in [3.63, 3.8) is 0 Å². The first-order valence-electron chi connectivity index (χ1n) is 18.4. The zero-order chi connectivity index (χ0) is 35.8. The zero-order valence-electron chi connectivity index (χ0n) is 29.5. The Morgan fingerprint density at radius 1 is 0.241 bits per heavy atom. The van der Waals surface area contributed by atoms with Gasteiger partial charge in [-0.15, -0.1) is 0 Å². The molecule has 0 unspecified atom stereocenters. The highest BCUT2D eigenvalue weighted by atomic mass is 14.9. The van der Waals surface area contributed by atoms with Gasteiger partial charge in [-0.3, -0.25) is 0 Å². The second kappa shape index (κ2) is 13.4. The standard InChI is InChI=1S/C52H34N2/c1-2-11-35(12-3-1)41-16-8-18-43(31-41)45-20-10-21-46(33-45)44-19-9-17-42(32-44)37-23-26-39(27-24-37)50-49-30-29-38-14-6-7-22-48(38)51(49)54-52(53-50)47-28-25-36-13-4-5-15-40(36)34-47/h1-34H. The van der Waals surface area contributed by atoms with Crippen LogP contribution in [0, 0.1) is 0 Å². The van der Waals surface area contributed by atoms with E-state index in [1.807, 2.05) is 0 Å². The van der Waals surface area contributed by atoms with Gasteiger partial charge in [-0.2, -0.15) is 0 Å². The third-order valence-corrected chi connectivity index (χ3v) is 10.5. The Balaban J connectivity index is 1.01. The Kier molecular flexibility index (Phi) is 7.85. The van der Waals surface area contributed by atoms with Crippen molar-refractivity contribution in [1.29, 1.82) is 0 Å². The van der Waals surface area contributed by atoms with Gasteiger partial charge in [0.2, 0.25) is 0 Å². The average molecular weight is 687 g/mol. The van der Waals surface area contributed by atoms with E-state index in [1.54, 1.807) is 0 Å². The number of fused-ring (bicyclic) bond motifs is 4. The predicted octanol–water partition coefficient (Wildman–Crippen LogP) is 13.9. The summed E-state index contributed by atoms with van der Waals surface area (Å²) in [7, 11) is 0. The van der Waals surface area contributed by atoms with Crippen molar-refractivity contribution in [2.24, 2.45) is 0 Å². The molecule has 0 amide bonds. The molecule has 0 radical (unpaired) electrons. The Bertz CT molecular complexity index is 2980. The van der Waals surface area contributed by atoms with Crippen molar-refractivity contribution in [2.75, 3.05) is 0 Å². The smallest absolute Gasteiger partial charge is 0.160 e. The van der Waals surface area contributed by atoms with Crippen LogP contribution < -0.4 is 0 Å². The highest BCUT2D eigenvalue weighted by molar-refractivity contribution is 6.09. The van der Waals surface area contributed by atoms with Crippen molar-refractivity contribution in [3.05, 3.63) is 206 Å². The Morgan fingerprint density at radius 3 is 1.35 bits per heavy atom. The lowest BCUT2D eigenvalue weighted by Crippen LogP contribution is -1.96. The van der Waals surface area contributed by atoms with Crippen LogP contribution in [-0.2, 0) is 0 Å². The fourth-order valence-electron chi connectivity index (χ4n) is 7.63. The molecule has 1 heterocycles. The third-order valence-electron chi connectivity index (χ3n) is 10.5. The maximum atomic E-state index is 5.26. The van der Waals surface area contributed by atoms with Gasteiger partial charge >= 0.3 is 0 Å². The fourth-order valence-corrected chi connectivity index (χ4v) is 7.63. The number of nitrogens with zero attached hydrogens (tertiary/aromatic N) is 2. The summed E-state index contributed by atoms with van der Waals surface area (Å²) in [4.78, 5) is 10.5. The third kappa shape index (κ3) is 5.90. The minimum atomic E-state index is 0.727. The highest BCUT2D eigenvalue weighted by Gasteiger charge is 2.15.